The molecule has 0 aromatic rings. The highest BCUT2D eigenvalue weighted by Gasteiger charge is 2.09. The van der Waals surface area contributed by atoms with Crippen LogP contribution in [-0.4, -0.2) is 6.54 Å². The van der Waals surface area contributed by atoms with Crippen LogP contribution < -0.4 is 5.73 Å². The van der Waals surface area contributed by atoms with Gasteiger partial charge in [0.25, 0.3) is 0 Å². The Labute approximate surface area is 339 Å². The van der Waals surface area contributed by atoms with Crippen molar-refractivity contribution in [3.8, 4) is 0 Å². The molecule has 1 heteroatoms. The first-order valence-electron chi connectivity index (χ1n) is 26.0. The average molecular weight is 746 g/mol. The topological polar surface area (TPSA) is 26.0 Å². The van der Waals surface area contributed by atoms with E-state index in [1.807, 2.05) is 0 Å². The lowest BCUT2D eigenvalue weighted by Gasteiger charge is -2.17. The molecular weight excluding hydrogens is 639 g/mol. The minimum atomic E-state index is 0.875. The third-order valence-electron chi connectivity index (χ3n) is 12.7. The van der Waals surface area contributed by atoms with Crippen LogP contribution in [0.4, 0.5) is 0 Å². The maximum absolute atomic E-state index is 5.61. The number of rotatable bonds is 49. The summed E-state index contributed by atoms with van der Waals surface area (Å²) < 4.78 is 0. The van der Waals surface area contributed by atoms with Gasteiger partial charge in [-0.15, -0.1) is 0 Å². The van der Waals surface area contributed by atoms with Gasteiger partial charge in [0.1, 0.15) is 0 Å². The highest BCUT2D eigenvalue weighted by molar-refractivity contribution is 4.63. The molecule has 0 aliphatic rings. The number of hydrogen-bond acceptors (Lipinski definition) is 1. The SMILES string of the molecule is CCCCCCCCCCCCCCCCCCC(CCCCCCCCCCCCCCCN)CCCCCCCCCCCCCCCCCC. The van der Waals surface area contributed by atoms with Crippen LogP contribution in [0, 0.1) is 5.92 Å². The number of hydrogen-bond donors (Lipinski definition) is 1. The van der Waals surface area contributed by atoms with Gasteiger partial charge in [-0.1, -0.05) is 316 Å². The standard InChI is InChI=1S/C52H107N/c1-3-5-7-9-11-13-15-17-19-21-24-28-32-36-40-44-48-52(50-46-42-38-34-30-26-23-27-31-35-39-43-47-51-53)49-45-41-37-33-29-25-22-20-18-16-14-12-10-8-6-4-2/h52H,3-51,53H2,1-2H3. The van der Waals surface area contributed by atoms with E-state index in [0.717, 1.165) is 12.5 Å². The number of nitrogens with two attached hydrogens (primary N) is 1. The first-order chi connectivity index (χ1) is 26.3. The Morgan fingerprint density at radius 1 is 0.208 bits per heavy atom. The van der Waals surface area contributed by atoms with Crippen molar-refractivity contribution < 1.29 is 0 Å². The minimum Gasteiger partial charge on any atom is -0.330 e. The summed E-state index contributed by atoms with van der Waals surface area (Å²) in [6.07, 6.45) is 70.7. The van der Waals surface area contributed by atoms with Crippen LogP contribution in [-0.2, 0) is 0 Å². The van der Waals surface area contributed by atoms with Gasteiger partial charge < -0.3 is 5.73 Å². The molecule has 0 fully saturated rings. The Morgan fingerprint density at radius 2 is 0.358 bits per heavy atom. The van der Waals surface area contributed by atoms with Gasteiger partial charge in [0.05, 0.1) is 0 Å². The van der Waals surface area contributed by atoms with Crippen molar-refractivity contribution in [3.05, 3.63) is 0 Å². The molecule has 1 nitrogen and oxygen atoms in total. The second kappa shape index (κ2) is 50.0. The third kappa shape index (κ3) is 48.0. The molecule has 320 valence electrons. The lowest BCUT2D eigenvalue weighted by Crippen LogP contribution is -2.01. The largest absolute Gasteiger partial charge is 0.330 e. The second-order valence-electron chi connectivity index (χ2n) is 18.2. The van der Waals surface area contributed by atoms with Crippen LogP contribution >= 0.6 is 0 Å². The maximum Gasteiger partial charge on any atom is -0.00773 e. The number of unbranched alkanes of at least 4 members (excludes halogenated alkanes) is 42. The fraction of sp³-hybridized carbons (Fsp3) is 1.00. The van der Waals surface area contributed by atoms with Crippen molar-refractivity contribution in [1.29, 1.82) is 0 Å². The van der Waals surface area contributed by atoms with Crippen LogP contribution in [0.3, 0.4) is 0 Å². The monoisotopic (exact) mass is 746 g/mol. The zero-order chi connectivity index (χ0) is 38.2. The van der Waals surface area contributed by atoms with E-state index in [2.05, 4.69) is 13.8 Å². The molecule has 0 bridgehead atoms. The van der Waals surface area contributed by atoms with Gasteiger partial charge in [0.2, 0.25) is 0 Å². The van der Waals surface area contributed by atoms with Gasteiger partial charge >= 0.3 is 0 Å². The summed E-state index contributed by atoms with van der Waals surface area (Å²) in [5.74, 6) is 1.03. The molecule has 0 saturated heterocycles. The molecular formula is C52H107N. The van der Waals surface area contributed by atoms with Crippen molar-refractivity contribution in [1.82, 2.24) is 0 Å². The van der Waals surface area contributed by atoms with Crippen LogP contribution in [0.5, 0.6) is 0 Å². The molecule has 0 rings (SSSR count). The first kappa shape index (κ1) is 53.0. The van der Waals surface area contributed by atoms with Gasteiger partial charge in [0.15, 0.2) is 0 Å². The van der Waals surface area contributed by atoms with Crippen LogP contribution in [0.2, 0.25) is 0 Å². The quantitative estimate of drug-likeness (QED) is 0.0617. The van der Waals surface area contributed by atoms with Crippen LogP contribution in [0.25, 0.3) is 0 Å². The molecule has 0 aliphatic heterocycles. The summed E-state index contributed by atoms with van der Waals surface area (Å²) in [7, 11) is 0. The molecule has 0 spiro atoms. The maximum atomic E-state index is 5.61. The molecule has 0 aromatic carbocycles. The zero-order valence-electron chi connectivity index (χ0n) is 37.8. The predicted molar refractivity (Wildman–Crippen MR) is 246 cm³/mol. The zero-order valence-corrected chi connectivity index (χ0v) is 37.8. The van der Waals surface area contributed by atoms with Crippen molar-refractivity contribution in [2.24, 2.45) is 11.7 Å². The van der Waals surface area contributed by atoms with E-state index in [1.54, 1.807) is 0 Å². The third-order valence-corrected chi connectivity index (χ3v) is 12.7. The van der Waals surface area contributed by atoms with Gasteiger partial charge in [-0.25, -0.2) is 0 Å². The Morgan fingerprint density at radius 3 is 0.528 bits per heavy atom. The summed E-state index contributed by atoms with van der Waals surface area (Å²) >= 11 is 0. The van der Waals surface area contributed by atoms with E-state index in [1.165, 1.54) is 308 Å². The Hall–Kier alpha value is -0.0400. The van der Waals surface area contributed by atoms with Crippen LogP contribution in [0.15, 0.2) is 0 Å². The summed E-state index contributed by atoms with van der Waals surface area (Å²) in [6.45, 7) is 5.51. The fourth-order valence-corrected chi connectivity index (χ4v) is 8.92. The smallest absolute Gasteiger partial charge is 0.00773 e. The van der Waals surface area contributed by atoms with Crippen molar-refractivity contribution in [2.75, 3.05) is 6.54 Å². The summed E-state index contributed by atoms with van der Waals surface area (Å²) in [4.78, 5) is 0. The lowest BCUT2D eigenvalue weighted by atomic mass is 9.89. The van der Waals surface area contributed by atoms with E-state index in [4.69, 9.17) is 5.73 Å². The van der Waals surface area contributed by atoms with Gasteiger partial charge in [0, 0.05) is 0 Å². The van der Waals surface area contributed by atoms with Crippen molar-refractivity contribution >= 4 is 0 Å². The molecule has 0 aromatic heterocycles. The highest BCUT2D eigenvalue weighted by Crippen LogP contribution is 2.25. The fourth-order valence-electron chi connectivity index (χ4n) is 8.92. The average Bonchev–Trinajstić information content (AvgIpc) is 3.17. The van der Waals surface area contributed by atoms with Gasteiger partial charge in [-0.3, -0.25) is 0 Å². The van der Waals surface area contributed by atoms with Gasteiger partial charge in [-0.05, 0) is 18.9 Å². The molecule has 0 aliphatic carbocycles. The molecule has 0 heterocycles. The van der Waals surface area contributed by atoms with E-state index >= 15 is 0 Å². The summed E-state index contributed by atoms with van der Waals surface area (Å²) in [6, 6.07) is 0. The molecule has 0 saturated carbocycles. The second-order valence-corrected chi connectivity index (χ2v) is 18.2. The highest BCUT2D eigenvalue weighted by atomic mass is 14.5. The van der Waals surface area contributed by atoms with E-state index in [-0.39, 0.29) is 0 Å². The predicted octanol–water partition coefficient (Wildman–Crippen LogP) is 19.3. The summed E-state index contributed by atoms with van der Waals surface area (Å²) in [5, 5.41) is 0. The Kier molecular flexibility index (Phi) is 49.9. The molecule has 53 heavy (non-hydrogen) atoms. The van der Waals surface area contributed by atoms with Crippen molar-refractivity contribution in [3.63, 3.8) is 0 Å². The molecule has 0 atom stereocenters. The van der Waals surface area contributed by atoms with Gasteiger partial charge in [-0.2, -0.15) is 0 Å². The molecule has 2 N–H and O–H groups in total. The molecule has 0 radical (unpaired) electrons. The lowest BCUT2D eigenvalue weighted by molar-refractivity contribution is 0.365. The van der Waals surface area contributed by atoms with E-state index in [9.17, 15) is 0 Å². The molecule has 0 unspecified atom stereocenters. The normalized spacial score (nSPS) is 11.8. The van der Waals surface area contributed by atoms with Crippen molar-refractivity contribution in [2.45, 2.75) is 322 Å². The Balaban J connectivity index is 3.93. The van der Waals surface area contributed by atoms with E-state index < -0.39 is 0 Å². The summed E-state index contributed by atoms with van der Waals surface area (Å²) in [5.41, 5.74) is 5.61. The van der Waals surface area contributed by atoms with Crippen LogP contribution in [0.1, 0.15) is 322 Å². The first-order valence-corrected chi connectivity index (χ1v) is 26.0. The van der Waals surface area contributed by atoms with E-state index in [0.29, 0.717) is 0 Å². The minimum absolute atomic E-state index is 0.875. The Bertz CT molecular complexity index is 564. The molecule has 0 amide bonds.